The third-order valence-corrected chi connectivity index (χ3v) is 5.10. The first-order valence-electron chi connectivity index (χ1n) is 9.02. The van der Waals surface area contributed by atoms with Crippen LogP contribution in [0.15, 0.2) is 60.7 Å². The summed E-state index contributed by atoms with van der Waals surface area (Å²) in [7, 11) is 1.63. The van der Waals surface area contributed by atoms with Gasteiger partial charge in [0, 0.05) is 43.1 Å². The van der Waals surface area contributed by atoms with Gasteiger partial charge in [0.05, 0.1) is 10.5 Å². The number of nitro groups is 1. The molecule has 7 heteroatoms. The molecule has 0 unspecified atom stereocenters. The van der Waals surface area contributed by atoms with Gasteiger partial charge in [-0.05, 0) is 28.5 Å². The molecule has 0 saturated carbocycles. The molecule has 0 aromatic heterocycles. The average molecular weight is 411 g/mol. The SMILES string of the molecule is CN(C[C@@H](CC=O)c1ccc(Cl)cc1)C(=O)c1cc([N+](=O)[O-])cc2ccccc12. The van der Waals surface area contributed by atoms with Gasteiger partial charge >= 0.3 is 0 Å². The van der Waals surface area contributed by atoms with Gasteiger partial charge in [-0.1, -0.05) is 48.0 Å². The second-order valence-electron chi connectivity index (χ2n) is 6.81. The van der Waals surface area contributed by atoms with E-state index in [1.54, 1.807) is 43.4 Å². The van der Waals surface area contributed by atoms with Crippen LogP contribution in [0.4, 0.5) is 5.69 Å². The number of nitro benzene ring substituents is 1. The van der Waals surface area contributed by atoms with Crippen molar-refractivity contribution in [3.05, 3.63) is 86.9 Å². The molecule has 0 heterocycles. The van der Waals surface area contributed by atoms with Gasteiger partial charge in [-0.25, -0.2) is 0 Å². The number of fused-ring (bicyclic) bond motifs is 1. The lowest BCUT2D eigenvalue weighted by molar-refractivity contribution is -0.384. The minimum absolute atomic E-state index is 0.136. The van der Waals surface area contributed by atoms with Crippen LogP contribution in [0.25, 0.3) is 10.8 Å². The lowest BCUT2D eigenvalue weighted by Crippen LogP contribution is -2.31. The lowest BCUT2D eigenvalue weighted by atomic mass is 9.95. The normalized spacial score (nSPS) is 11.8. The maximum atomic E-state index is 13.2. The summed E-state index contributed by atoms with van der Waals surface area (Å²) < 4.78 is 0. The number of benzene rings is 3. The van der Waals surface area contributed by atoms with Gasteiger partial charge in [0.25, 0.3) is 11.6 Å². The van der Waals surface area contributed by atoms with Crippen molar-refractivity contribution in [2.24, 2.45) is 0 Å². The number of carbonyl (C=O) groups is 2. The maximum absolute atomic E-state index is 13.2. The van der Waals surface area contributed by atoms with E-state index < -0.39 is 4.92 Å². The second kappa shape index (κ2) is 8.84. The molecule has 0 saturated heterocycles. The maximum Gasteiger partial charge on any atom is 0.270 e. The van der Waals surface area contributed by atoms with Crippen LogP contribution in [0.5, 0.6) is 0 Å². The van der Waals surface area contributed by atoms with Crippen molar-refractivity contribution in [3.8, 4) is 0 Å². The topological polar surface area (TPSA) is 80.5 Å². The zero-order chi connectivity index (χ0) is 21.0. The predicted octanol–water partition coefficient (Wildman–Crippen LogP) is 4.85. The molecule has 0 aliphatic heterocycles. The molecule has 6 nitrogen and oxygen atoms in total. The molecule has 3 aromatic rings. The van der Waals surface area contributed by atoms with Crippen LogP contribution in [0.1, 0.15) is 28.3 Å². The van der Waals surface area contributed by atoms with Crippen molar-refractivity contribution in [3.63, 3.8) is 0 Å². The molecule has 0 radical (unpaired) electrons. The Bertz CT molecular complexity index is 1070. The van der Waals surface area contributed by atoms with Crippen LogP contribution in [-0.4, -0.2) is 35.6 Å². The molecule has 29 heavy (non-hydrogen) atoms. The Balaban J connectivity index is 1.93. The molecule has 0 fully saturated rings. The quantitative estimate of drug-likeness (QED) is 0.317. The number of amides is 1. The number of hydrogen-bond donors (Lipinski definition) is 0. The standard InChI is InChI=1S/C22H19ClN2O4/c1-24(14-17(10-11-26)15-6-8-18(23)9-7-15)22(27)21-13-19(25(28)29)12-16-4-2-3-5-20(16)21/h2-9,11-13,17H,10,14H2,1H3/t17-/m1/s1. The molecule has 1 atom stereocenters. The summed E-state index contributed by atoms with van der Waals surface area (Å²) in [6, 6.07) is 17.0. The fourth-order valence-corrected chi connectivity index (χ4v) is 3.49. The van der Waals surface area contributed by atoms with Gasteiger partial charge in [-0.15, -0.1) is 0 Å². The number of nitrogens with zero attached hydrogens (tertiary/aromatic N) is 2. The van der Waals surface area contributed by atoms with Gasteiger partial charge in [-0.2, -0.15) is 0 Å². The average Bonchev–Trinajstić information content (AvgIpc) is 2.72. The molecule has 3 aromatic carbocycles. The van der Waals surface area contributed by atoms with E-state index >= 15 is 0 Å². The zero-order valence-corrected chi connectivity index (χ0v) is 16.5. The molecule has 0 spiro atoms. The highest BCUT2D eigenvalue weighted by Gasteiger charge is 2.22. The van der Waals surface area contributed by atoms with E-state index in [0.29, 0.717) is 15.8 Å². The highest BCUT2D eigenvalue weighted by atomic mass is 35.5. The number of aldehydes is 1. The lowest BCUT2D eigenvalue weighted by Gasteiger charge is -2.24. The van der Waals surface area contributed by atoms with Crippen molar-refractivity contribution in [2.75, 3.05) is 13.6 Å². The number of rotatable bonds is 7. The van der Waals surface area contributed by atoms with Crippen molar-refractivity contribution in [2.45, 2.75) is 12.3 Å². The van der Waals surface area contributed by atoms with Crippen LogP contribution in [0, 0.1) is 10.1 Å². The molecule has 1 amide bonds. The number of non-ortho nitro benzene ring substituents is 1. The summed E-state index contributed by atoms with van der Waals surface area (Å²) >= 11 is 5.94. The van der Waals surface area contributed by atoms with E-state index in [1.165, 1.54) is 17.0 Å². The van der Waals surface area contributed by atoms with Crippen molar-refractivity contribution < 1.29 is 14.5 Å². The van der Waals surface area contributed by atoms with Crippen molar-refractivity contribution >= 4 is 40.3 Å². The smallest absolute Gasteiger partial charge is 0.270 e. The summed E-state index contributed by atoms with van der Waals surface area (Å²) in [5, 5.41) is 13.2. The number of hydrogen-bond acceptors (Lipinski definition) is 4. The van der Waals surface area contributed by atoms with Crippen LogP contribution in [0.2, 0.25) is 5.02 Å². The number of halogens is 1. The van der Waals surface area contributed by atoms with Crippen molar-refractivity contribution in [1.82, 2.24) is 4.90 Å². The Morgan fingerprint density at radius 3 is 2.52 bits per heavy atom. The van der Waals surface area contributed by atoms with Crippen LogP contribution in [-0.2, 0) is 4.79 Å². The zero-order valence-electron chi connectivity index (χ0n) is 15.7. The van der Waals surface area contributed by atoms with Gasteiger partial charge in [-0.3, -0.25) is 14.9 Å². The number of carbonyl (C=O) groups excluding carboxylic acids is 2. The summed E-state index contributed by atoms with van der Waals surface area (Å²) in [5.41, 5.74) is 1.02. The van der Waals surface area contributed by atoms with Gasteiger partial charge in [0.15, 0.2) is 0 Å². The Morgan fingerprint density at radius 1 is 1.17 bits per heavy atom. The molecule has 3 rings (SSSR count). The monoisotopic (exact) mass is 410 g/mol. The Hall–Kier alpha value is -3.25. The van der Waals surface area contributed by atoms with Crippen LogP contribution in [0.3, 0.4) is 0 Å². The summed E-state index contributed by atoms with van der Waals surface area (Å²) in [5.74, 6) is -0.543. The van der Waals surface area contributed by atoms with E-state index in [-0.39, 0.29) is 36.0 Å². The van der Waals surface area contributed by atoms with E-state index in [1.807, 2.05) is 12.1 Å². The van der Waals surface area contributed by atoms with Crippen molar-refractivity contribution in [1.29, 1.82) is 0 Å². The molecular weight excluding hydrogens is 392 g/mol. The minimum atomic E-state index is -0.508. The highest BCUT2D eigenvalue weighted by Crippen LogP contribution is 2.28. The number of likely N-dealkylation sites (N-methyl/N-ethyl adjacent to an activating group) is 1. The van der Waals surface area contributed by atoms with E-state index in [0.717, 1.165) is 11.8 Å². The Labute approximate surface area is 172 Å². The molecule has 0 aliphatic rings. The first-order chi connectivity index (χ1) is 13.9. The predicted molar refractivity (Wildman–Crippen MR) is 112 cm³/mol. The first-order valence-corrected chi connectivity index (χ1v) is 9.40. The minimum Gasteiger partial charge on any atom is -0.341 e. The van der Waals surface area contributed by atoms with Gasteiger partial charge in [0.1, 0.15) is 6.29 Å². The van der Waals surface area contributed by atoms with Crippen LogP contribution < -0.4 is 0 Å². The highest BCUT2D eigenvalue weighted by molar-refractivity contribution is 6.30. The Morgan fingerprint density at radius 2 is 1.86 bits per heavy atom. The summed E-state index contributed by atoms with van der Waals surface area (Å²) in [6.45, 7) is 0.288. The third kappa shape index (κ3) is 4.60. The van der Waals surface area contributed by atoms with E-state index in [2.05, 4.69) is 0 Å². The summed E-state index contributed by atoms with van der Waals surface area (Å²) in [6.07, 6.45) is 1.06. The fourth-order valence-electron chi connectivity index (χ4n) is 3.36. The fraction of sp³-hybridized carbons (Fsp3) is 0.182. The van der Waals surface area contributed by atoms with Gasteiger partial charge in [0.2, 0.25) is 0 Å². The van der Waals surface area contributed by atoms with Gasteiger partial charge < -0.3 is 9.69 Å². The molecule has 0 bridgehead atoms. The molecule has 0 aliphatic carbocycles. The largest absolute Gasteiger partial charge is 0.341 e. The third-order valence-electron chi connectivity index (χ3n) is 4.85. The first kappa shape index (κ1) is 20.5. The summed E-state index contributed by atoms with van der Waals surface area (Å²) in [4.78, 5) is 36.6. The van der Waals surface area contributed by atoms with E-state index in [4.69, 9.17) is 11.6 Å². The molecule has 0 N–H and O–H groups in total. The molecular formula is C22H19ClN2O4. The van der Waals surface area contributed by atoms with E-state index in [9.17, 15) is 19.7 Å². The van der Waals surface area contributed by atoms with Crippen LogP contribution >= 0.6 is 11.6 Å². The Kier molecular flexibility index (Phi) is 6.24. The molecule has 148 valence electrons. The second-order valence-corrected chi connectivity index (χ2v) is 7.24.